The lowest BCUT2D eigenvalue weighted by Crippen LogP contribution is -2.20. The lowest BCUT2D eigenvalue weighted by Gasteiger charge is -2.05. The van der Waals surface area contributed by atoms with Crippen molar-refractivity contribution in [3.63, 3.8) is 0 Å². The molecule has 4 nitrogen and oxygen atoms in total. The summed E-state index contributed by atoms with van der Waals surface area (Å²) in [5, 5.41) is 4.47. The summed E-state index contributed by atoms with van der Waals surface area (Å²) in [5.41, 5.74) is 0. The summed E-state index contributed by atoms with van der Waals surface area (Å²) >= 11 is 1.82. The number of hydrogen-bond acceptors (Lipinski definition) is 4. The Bertz CT molecular complexity index is 307. The Hall–Kier alpha value is -0.970. The van der Waals surface area contributed by atoms with Crippen LogP contribution in [0, 0.1) is 0 Å². The molecule has 0 amide bonds. The van der Waals surface area contributed by atoms with Crippen molar-refractivity contribution in [2.75, 3.05) is 18.8 Å². The van der Waals surface area contributed by atoms with Crippen molar-refractivity contribution < 1.29 is 0 Å². The minimum absolute atomic E-state index is 0.974. The van der Waals surface area contributed by atoms with Gasteiger partial charge in [0.2, 0.25) is 0 Å². The van der Waals surface area contributed by atoms with E-state index in [1.54, 1.807) is 0 Å². The third-order valence-corrected chi connectivity index (χ3v) is 3.20. The van der Waals surface area contributed by atoms with E-state index in [0.29, 0.717) is 0 Å². The SMILES string of the molecule is c1cn(CCCCNC2=NCCS2)cn1. The van der Waals surface area contributed by atoms with Gasteiger partial charge in [-0.25, -0.2) is 4.98 Å². The molecule has 15 heavy (non-hydrogen) atoms. The minimum Gasteiger partial charge on any atom is -0.365 e. The Kier molecular flexibility index (Phi) is 4.08. The van der Waals surface area contributed by atoms with Gasteiger partial charge in [-0.05, 0) is 12.8 Å². The van der Waals surface area contributed by atoms with Crippen molar-refractivity contribution in [2.45, 2.75) is 19.4 Å². The summed E-state index contributed by atoms with van der Waals surface area (Å²) in [6, 6.07) is 0. The van der Waals surface area contributed by atoms with Crippen LogP contribution in [0.4, 0.5) is 0 Å². The van der Waals surface area contributed by atoms with Crippen LogP contribution in [0.25, 0.3) is 0 Å². The molecule has 1 aliphatic heterocycles. The number of aromatic nitrogens is 2. The fourth-order valence-electron chi connectivity index (χ4n) is 1.48. The van der Waals surface area contributed by atoms with Gasteiger partial charge in [-0.3, -0.25) is 4.99 Å². The third kappa shape index (κ3) is 3.58. The summed E-state index contributed by atoms with van der Waals surface area (Å²) in [6.07, 6.45) is 8.05. The number of nitrogens with one attached hydrogen (secondary N) is 1. The molecule has 0 aromatic carbocycles. The average molecular weight is 224 g/mol. The van der Waals surface area contributed by atoms with Gasteiger partial charge < -0.3 is 9.88 Å². The molecule has 0 spiro atoms. The van der Waals surface area contributed by atoms with Crippen molar-refractivity contribution in [2.24, 2.45) is 4.99 Å². The van der Waals surface area contributed by atoms with Crippen LogP contribution >= 0.6 is 11.8 Å². The molecule has 0 fully saturated rings. The van der Waals surface area contributed by atoms with Gasteiger partial charge in [0, 0.05) is 31.2 Å². The molecule has 5 heteroatoms. The summed E-state index contributed by atoms with van der Waals surface area (Å²) < 4.78 is 2.11. The zero-order valence-corrected chi connectivity index (χ0v) is 9.54. The van der Waals surface area contributed by atoms with Gasteiger partial charge in [0.05, 0.1) is 12.9 Å². The van der Waals surface area contributed by atoms with E-state index in [1.165, 1.54) is 12.8 Å². The second-order valence-corrected chi connectivity index (χ2v) is 4.55. The van der Waals surface area contributed by atoms with Crippen LogP contribution in [0.3, 0.4) is 0 Å². The highest BCUT2D eigenvalue weighted by Gasteiger charge is 2.04. The maximum absolute atomic E-state index is 4.34. The van der Waals surface area contributed by atoms with E-state index in [0.717, 1.165) is 30.6 Å². The van der Waals surface area contributed by atoms with Crippen LogP contribution in [-0.2, 0) is 6.54 Å². The molecule has 2 rings (SSSR count). The minimum atomic E-state index is 0.974. The molecule has 0 atom stereocenters. The molecular formula is C10H16N4S. The normalized spacial score (nSPS) is 15.3. The van der Waals surface area contributed by atoms with Crippen molar-refractivity contribution >= 4 is 16.9 Å². The molecule has 82 valence electrons. The molecule has 0 unspecified atom stereocenters. The van der Waals surface area contributed by atoms with Crippen LogP contribution in [0.1, 0.15) is 12.8 Å². The van der Waals surface area contributed by atoms with Crippen molar-refractivity contribution in [1.29, 1.82) is 0 Å². The predicted molar refractivity (Wildman–Crippen MR) is 64.2 cm³/mol. The third-order valence-electron chi connectivity index (χ3n) is 2.26. The van der Waals surface area contributed by atoms with Crippen LogP contribution < -0.4 is 5.32 Å². The number of hydrogen-bond donors (Lipinski definition) is 1. The first-order chi connectivity index (χ1) is 7.45. The Morgan fingerprint density at radius 3 is 3.20 bits per heavy atom. The van der Waals surface area contributed by atoms with Crippen LogP contribution in [0.15, 0.2) is 23.7 Å². The highest BCUT2D eigenvalue weighted by atomic mass is 32.2. The zero-order chi connectivity index (χ0) is 10.3. The summed E-state index contributed by atoms with van der Waals surface area (Å²) in [4.78, 5) is 8.35. The Labute approximate surface area is 94.2 Å². The van der Waals surface area contributed by atoms with Gasteiger partial charge in [0.25, 0.3) is 0 Å². The summed E-state index contributed by atoms with van der Waals surface area (Å²) in [6.45, 7) is 3.06. The number of thioether (sulfide) groups is 1. The van der Waals surface area contributed by atoms with Crippen LogP contribution in [0.5, 0.6) is 0 Å². The van der Waals surface area contributed by atoms with Gasteiger partial charge in [0.1, 0.15) is 0 Å². The lowest BCUT2D eigenvalue weighted by molar-refractivity contribution is 0.603. The molecule has 1 aliphatic rings. The average Bonchev–Trinajstić information content (AvgIpc) is 2.88. The summed E-state index contributed by atoms with van der Waals surface area (Å²) in [5.74, 6) is 1.14. The number of rotatable bonds is 5. The number of aryl methyl sites for hydroxylation is 1. The van der Waals surface area contributed by atoms with E-state index in [2.05, 4.69) is 19.9 Å². The molecule has 0 saturated carbocycles. The first kappa shape index (κ1) is 10.5. The topological polar surface area (TPSA) is 42.2 Å². The molecule has 1 aromatic heterocycles. The highest BCUT2D eigenvalue weighted by Crippen LogP contribution is 2.08. The molecular weight excluding hydrogens is 208 g/mol. The maximum Gasteiger partial charge on any atom is 0.156 e. The molecule has 0 bridgehead atoms. The predicted octanol–water partition coefficient (Wildman–Crippen LogP) is 1.36. The zero-order valence-electron chi connectivity index (χ0n) is 8.72. The van der Waals surface area contributed by atoms with E-state index in [4.69, 9.17) is 0 Å². The quantitative estimate of drug-likeness (QED) is 0.768. The number of nitrogens with zero attached hydrogens (tertiary/aromatic N) is 3. The number of imidazole rings is 1. The Morgan fingerprint density at radius 2 is 2.47 bits per heavy atom. The second-order valence-electron chi connectivity index (χ2n) is 3.47. The number of unbranched alkanes of at least 4 members (excludes halogenated alkanes) is 1. The van der Waals surface area contributed by atoms with Gasteiger partial charge in [-0.1, -0.05) is 11.8 Å². The van der Waals surface area contributed by atoms with Gasteiger partial charge >= 0.3 is 0 Å². The van der Waals surface area contributed by atoms with Crippen molar-refractivity contribution in [1.82, 2.24) is 14.9 Å². The van der Waals surface area contributed by atoms with Crippen LogP contribution in [-0.4, -0.2) is 33.6 Å². The van der Waals surface area contributed by atoms with Gasteiger partial charge in [0.15, 0.2) is 5.17 Å². The Morgan fingerprint density at radius 1 is 1.47 bits per heavy atom. The maximum atomic E-state index is 4.34. The second kappa shape index (κ2) is 5.80. The van der Waals surface area contributed by atoms with Crippen LogP contribution in [0.2, 0.25) is 0 Å². The van der Waals surface area contributed by atoms with E-state index in [-0.39, 0.29) is 0 Å². The molecule has 0 aliphatic carbocycles. The standard InChI is InChI=1S/C10H16N4S/c1(2-6-14-7-4-11-9-14)3-12-10-13-5-8-15-10/h4,7,9H,1-3,5-6,8H2,(H,12,13). The van der Waals surface area contributed by atoms with E-state index < -0.39 is 0 Å². The van der Waals surface area contributed by atoms with Crippen molar-refractivity contribution in [3.05, 3.63) is 18.7 Å². The summed E-state index contributed by atoms with van der Waals surface area (Å²) in [7, 11) is 0. The van der Waals surface area contributed by atoms with Gasteiger partial charge in [-0.2, -0.15) is 0 Å². The van der Waals surface area contributed by atoms with Crippen molar-refractivity contribution in [3.8, 4) is 0 Å². The molecule has 2 heterocycles. The monoisotopic (exact) mass is 224 g/mol. The highest BCUT2D eigenvalue weighted by molar-refractivity contribution is 8.14. The van der Waals surface area contributed by atoms with E-state index >= 15 is 0 Å². The number of amidine groups is 1. The molecule has 0 radical (unpaired) electrons. The molecule has 1 N–H and O–H groups in total. The van der Waals surface area contributed by atoms with E-state index in [1.807, 2.05) is 30.5 Å². The fourth-order valence-corrected chi connectivity index (χ4v) is 2.24. The first-order valence-electron chi connectivity index (χ1n) is 5.32. The van der Waals surface area contributed by atoms with Gasteiger partial charge in [-0.15, -0.1) is 0 Å². The van der Waals surface area contributed by atoms with E-state index in [9.17, 15) is 0 Å². The first-order valence-corrected chi connectivity index (χ1v) is 6.30. The largest absolute Gasteiger partial charge is 0.365 e. The molecule has 0 saturated heterocycles. The lowest BCUT2D eigenvalue weighted by atomic mass is 10.3. The number of aliphatic imine (C=N–C) groups is 1. The molecule has 1 aromatic rings. The smallest absolute Gasteiger partial charge is 0.156 e. The fraction of sp³-hybridized carbons (Fsp3) is 0.600. The Balaban J connectivity index is 1.52.